The molecule has 0 unspecified atom stereocenters. The van der Waals surface area contributed by atoms with Crippen molar-refractivity contribution in [2.45, 2.75) is 39.3 Å². The Morgan fingerprint density at radius 2 is 2.05 bits per heavy atom. The zero-order chi connectivity index (χ0) is 14.4. The lowest BCUT2D eigenvalue weighted by molar-refractivity contribution is -0.138. The Labute approximate surface area is 112 Å². The predicted octanol–water partition coefficient (Wildman–Crippen LogP) is 3.30. The summed E-state index contributed by atoms with van der Waals surface area (Å²) in [5.74, 6) is -1.27. The van der Waals surface area contributed by atoms with Crippen molar-refractivity contribution >= 4 is 17.2 Å². The van der Waals surface area contributed by atoms with Crippen molar-refractivity contribution in [3.05, 3.63) is 35.7 Å². The van der Waals surface area contributed by atoms with Gasteiger partial charge in [0.15, 0.2) is 0 Å². The third kappa shape index (κ3) is 2.23. The summed E-state index contributed by atoms with van der Waals surface area (Å²) in [6, 6.07) is 3.79. The minimum Gasteiger partial charge on any atom is -0.480 e. The highest BCUT2D eigenvalue weighted by Crippen LogP contribution is 2.40. The molecule has 0 spiro atoms. The lowest BCUT2D eigenvalue weighted by Crippen LogP contribution is -2.53. The summed E-state index contributed by atoms with van der Waals surface area (Å²) in [6.45, 7) is 7.45. The molecule has 0 saturated carbocycles. The fraction of sp³-hybridized carbons (Fsp3) is 0.400. The molecule has 1 N–H and O–H groups in total. The van der Waals surface area contributed by atoms with Gasteiger partial charge in [0.2, 0.25) is 0 Å². The van der Waals surface area contributed by atoms with E-state index in [1.54, 1.807) is 17.9 Å². The molecule has 0 amide bonds. The van der Waals surface area contributed by atoms with Gasteiger partial charge in [-0.3, -0.25) is 0 Å². The number of benzene rings is 1. The molecular formula is C15H18FNO2. The average molecular weight is 263 g/mol. The number of rotatable bonds is 2. The maximum Gasteiger partial charge on any atom is 0.326 e. The van der Waals surface area contributed by atoms with Crippen LogP contribution in [0, 0.1) is 5.82 Å². The van der Waals surface area contributed by atoms with Crippen LogP contribution in [0.2, 0.25) is 0 Å². The molecule has 102 valence electrons. The molecular weight excluding hydrogens is 245 g/mol. The van der Waals surface area contributed by atoms with Gasteiger partial charge < -0.3 is 10.0 Å². The first-order valence-corrected chi connectivity index (χ1v) is 6.25. The molecule has 1 aromatic carbocycles. The van der Waals surface area contributed by atoms with Gasteiger partial charge in [0, 0.05) is 11.3 Å². The Morgan fingerprint density at radius 1 is 1.42 bits per heavy atom. The van der Waals surface area contributed by atoms with Gasteiger partial charge in [-0.05, 0) is 51.5 Å². The van der Waals surface area contributed by atoms with Crippen molar-refractivity contribution in [2.75, 3.05) is 4.90 Å². The van der Waals surface area contributed by atoms with Gasteiger partial charge in [-0.15, -0.1) is 0 Å². The maximum atomic E-state index is 13.5. The summed E-state index contributed by atoms with van der Waals surface area (Å²) >= 11 is 0. The maximum absolute atomic E-state index is 13.5. The summed E-state index contributed by atoms with van der Waals surface area (Å²) < 4.78 is 13.5. The van der Waals surface area contributed by atoms with Gasteiger partial charge in [0.25, 0.3) is 0 Å². The van der Waals surface area contributed by atoms with Crippen molar-refractivity contribution in [3.63, 3.8) is 0 Å². The van der Waals surface area contributed by atoms with Gasteiger partial charge in [-0.2, -0.15) is 0 Å². The highest BCUT2D eigenvalue weighted by molar-refractivity contribution is 5.86. The Bertz CT molecular complexity index is 563. The number of carboxylic acid groups (broad SMARTS) is 1. The molecule has 19 heavy (non-hydrogen) atoms. The van der Waals surface area contributed by atoms with E-state index in [2.05, 4.69) is 0 Å². The van der Waals surface area contributed by atoms with Crippen LogP contribution in [-0.4, -0.2) is 22.7 Å². The molecule has 1 heterocycles. The van der Waals surface area contributed by atoms with E-state index in [1.165, 1.54) is 12.1 Å². The Hall–Kier alpha value is -1.84. The smallest absolute Gasteiger partial charge is 0.326 e. The molecule has 1 aliphatic heterocycles. The van der Waals surface area contributed by atoms with E-state index in [4.69, 9.17) is 0 Å². The van der Waals surface area contributed by atoms with E-state index in [0.717, 1.165) is 11.1 Å². The van der Waals surface area contributed by atoms with Gasteiger partial charge in [-0.25, -0.2) is 9.18 Å². The molecule has 2 rings (SSSR count). The van der Waals surface area contributed by atoms with Crippen LogP contribution in [0.3, 0.4) is 0 Å². The summed E-state index contributed by atoms with van der Waals surface area (Å²) in [5, 5.41) is 9.27. The molecule has 1 aliphatic rings. The fourth-order valence-corrected chi connectivity index (χ4v) is 2.84. The highest BCUT2D eigenvalue weighted by atomic mass is 19.1. The van der Waals surface area contributed by atoms with Crippen molar-refractivity contribution < 1.29 is 14.3 Å². The second-order valence-electron chi connectivity index (χ2n) is 5.53. The zero-order valence-corrected chi connectivity index (χ0v) is 11.6. The van der Waals surface area contributed by atoms with Gasteiger partial charge >= 0.3 is 5.97 Å². The topological polar surface area (TPSA) is 40.5 Å². The number of aliphatic carboxylic acids is 1. The summed E-state index contributed by atoms with van der Waals surface area (Å²) in [6.07, 6.45) is 2.02. The van der Waals surface area contributed by atoms with Crippen LogP contribution in [0.4, 0.5) is 10.1 Å². The van der Waals surface area contributed by atoms with E-state index in [-0.39, 0.29) is 5.82 Å². The number of halogens is 1. The molecule has 1 atom stereocenters. The van der Waals surface area contributed by atoms with Crippen molar-refractivity contribution in [2.24, 2.45) is 0 Å². The van der Waals surface area contributed by atoms with Crippen LogP contribution < -0.4 is 4.90 Å². The average Bonchev–Trinajstić information content (AvgIpc) is 2.26. The first-order chi connectivity index (χ1) is 8.74. The second kappa shape index (κ2) is 4.37. The molecule has 4 heteroatoms. The first-order valence-electron chi connectivity index (χ1n) is 6.25. The number of hydrogen-bond donors (Lipinski definition) is 1. The van der Waals surface area contributed by atoms with E-state index in [9.17, 15) is 14.3 Å². The quantitative estimate of drug-likeness (QED) is 0.890. The van der Waals surface area contributed by atoms with Crippen molar-refractivity contribution in [1.82, 2.24) is 0 Å². The van der Waals surface area contributed by atoms with E-state index in [1.807, 2.05) is 26.8 Å². The zero-order valence-electron chi connectivity index (χ0n) is 11.6. The number of carboxylic acids is 1. The molecule has 1 aromatic rings. The van der Waals surface area contributed by atoms with Crippen LogP contribution in [0.5, 0.6) is 0 Å². The Morgan fingerprint density at radius 3 is 2.63 bits per heavy atom. The first kappa shape index (κ1) is 13.6. The number of allylic oxidation sites excluding steroid dienone is 1. The molecule has 0 bridgehead atoms. The molecule has 0 aliphatic carbocycles. The highest BCUT2D eigenvalue weighted by Gasteiger charge is 2.37. The second-order valence-corrected chi connectivity index (χ2v) is 5.53. The van der Waals surface area contributed by atoms with Crippen LogP contribution in [-0.2, 0) is 4.79 Å². The van der Waals surface area contributed by atoms with Crippen molar-refractivity contribution in [3.8, 4) is 0 Å². The standard InChI is InChI=1S/C15H18FNO2/c1-9-8-15(3,4)17(10(2)14(18)19)13-7-11(16)5-6-12(9)13/h5-8,10H,1-4H3,(H,18,19)/t10-/m1/s1. The lowest BCUT2D eigenvalue weighted by atomic mass is 9.87. The number of anilines is 1. The van der Waals surface area contributed by atoms with Gasteiger partial charge in [-0.1, -0.05) is 6.08 Å². The number of carbonyl (C=O) groups is 1. The lowest BCUT2D eigenvalue weighted by Gasteiger charge is -2.45. The van der Waals surface area contributed by atoms with Crippen LogP contribution in [0.1, 0.15) is 33.3 Å². The molecule has 3 nitrogen and oxygen atoms in total. The minimum absolute atomic E-state index is 0.355. The third-order valence-corrected chi connectivity index (χ3v) is 3.58. The van der Waals surface area contributed by atoms with E-state index >= 15 is 0 Å². The summed E-state index contributed by atoms with van der Waals surface area (Å²) in [5.41, 5.74) is 2.09. The molecule has 0 fully saturated rings. The fourth-order valence-electron chi connectivity index (χ4n) is 2.84. The predicted molar refractivity (Wildman–Crippen MR) is 73.7 cm³/mol. The van der Waals surface area contributed by atoms with Crippen LogP contribution in [0.15, 0.2) is 24.3 Å². The third-order valence-electron chi connectivity index (χ3n) is 3.58. The SMILES string of the molecule is CC1=CC(C)(C)N([C@H](C)C(=O)O)c2cc(F)ccc21. The van der Waals surface area contributed by atoms with Crippen LogP contribution in [0.25, 0.3) is 5.57 Å². The summed E-state index contributed by atoms with van der Waals surface area (Å²) in [7, 11) is 0. The monoisotopic (exact) mass is 263 g/mol. The normalized spacial score (nSPS) is 18.6. The number of hydrogen-bond acceptors (Lipinski definition) is 2. The van der Waals surface area contributed by atoms with Gasteiger partial charge in [0.05, 0.1) is 5.54 Å². The van der Waals surface area contributed by atoms with E-state index < -0.39 is 17.6 Å². The molecule has 0 saturated heterocycles. The van der Waals surface area contributed by atoms with Crippen molar-refractivity contribution in [1.29, 1.82) is 0 Å². The number of fused-ring (bicyclic) bond motifs is 1. The van der Waals surface area contributed by atoms with Gasteiger partial charge in [0.1, 0.15) is 11.9 Å². The Balaban J connectivity index is 2.66. The largest absolute Gasteiger partial charge is 0.480 e. The van der Waals surface area contributed by atoms with Crippen LogP contribution >= 0.6 is 0 Å². The molecule has 0 radical (unpaired) electrons. The minimum atomic E-state index is -0.920. The summed E-state index contributed by atoms with van der Waals surface area (Å²) in [4.78, 5) is 13.1. The Kier molecular flexibility index (Phi) is 3.12. The number of nitrogens with zero attached hydrogens (tertiary/aromatic N) is 1. The molecule has 0 aromatic heterocycles. The van der Waals surface area contributed by atoms with E-state index in [0.29, 0.717) is 5.69 Å².